The Labute approximate surface area is 733 Å². The van der Waals surface area contributed by atoms with Gasteiger partial charge in [-0.3, -0.25) is 24.5 Å². The first kappa shape index (κ1) is 83.2. The Morgan fingerprint density at radius 3 is 0.792 bits per heavy atom. The average Bonchev–Trinajstić information content (AvgIpc) is 1.57. The fraction of sp³-hybridized carbons (Fsp3) is 0.417. The van der Waals surface area contributed by atoms with E-state index in [-0.39, 0.29) is 0 Å². The molecule has 13 heterocycles. The average molecular weight is 1700 g/mol. The van der Waals surface area contributed by atoms with Crippen molar-refractivity contribution in [3.63, 3.8) is 0 Å². The Kier molecular flexibility index (Phi) is 23.2. The minimum absolute atomic E-state index is 0.309. The van der Waals surface area contributed by atoms with Crippen LogP contribution in [0.4, 0.5) is 0 Å². The predicted molar refractivity (Wildman–Crippen MR) is 477 cm³/mol. The normalized spacial score (nSPS) is 19.8. The van der Waals surface area contributed by atoms with Gasteiger partial charge in [0.1, 0.15) is 0 Å². The summed E-state index contributed by atoms with van der Waals surface area (Å²) in [4.78, 5) is 12.9. The van der Waals surface area contributed by atoms with Crippen molar-refractivity contribution in [1.82, 2.24) is 24.5 Å². The molecule has 10 aromatic carbocycles. The van der Waals surface area contributed by atoms with Crippen LogP contribution in [0.25, 0.3) is 0 Å². The van der Waals surface area contributed by atoms with E-state index in [9.17, 15) is 0 Å². The molecule has 125 heavy (non-hydrogen) atoms. The van der Waals surface area contributed by atoms with Crippen molar-refractivity contribution >= 4 is 0 Å². The van der Waals surface area contributed by atoms with E-state index in [0.717, 1.165) is 216 Å². The highest BCUT2D eigenvalue weighted by Gasteiger charge is 2.42. The second-order valence-corrected chi connectivity index (χ2v) is 34.9. The first-order valence-corrected chi connectivity index (χ1v) is 43.9. The van der Waals surface area contributed by atoms with Gasteiger partial charge >= 0.3 is 0 Å². The topological polar surface area (TPSA) is 173 Å². The number of fused-ring (bicyclic) bond motifs is 23. The van der Waals surface area contributed by atoms with Crippen LogP contribution in [0, 0.1) is 27.7 Å². The molecule has 22 heteroatoms. The van der Waals surface area contributed by atoms with Crippen molar-refractivity contribution in [2.45, 2.75) is 155 Å². The summed E-state index contributed by atoms with van der Waals surface area (Å²) < 4.78 is 94.3. The Morgan fingerprint density at radius 2 is 0.472 bits per heavy atom. The van der Waals surface area contributed by atoms with E-state index in [0.29, 0.717) is 62.1 Å². The zero-order chi connectivity index (χ0) is 86.2. The van der Waals surface area contributed by atoms with Crippen molar-refractivity contribution in [2.75, 3.05) is 131 Å². The molecule has 2 unspecified atom stereocenters. The molecule has 0 radical (unpaired) electrons. The van der Waals surface area contributed by atoms with Gasteiger partial charge in [0.2, 0.25) is 26.1 Å². The lowest BCUT2D eigenvalue weighted by atomic mass is 9.82. The largest absolute Gasteiger partial charge is 0.493 e. The van der Waals surface area contributed by atoms with Gasteiger partial charge in [-0.15, -0.1) is 0 Å². The number of ether oxygens (including phenoxy) is 17. The van der Waals surface area contributed by atoms with Gasteiger partial charge in [0.05, 0.1) is 78.2 Å². The van der Waals surface area contributed by atoms with Crippen molar-refractivity contribution in [2.24, 2.45) is 0 Å². The van der Waals surface area contributed by atoms with E-state index in [1.807, 2.05) is 0 Å². The van der Waals surface area contributed by atoms with Crippen LogP contribution in [0.15, 0.2) is 115 Å². The van der Waals surface area contributed by atoms with Crippen LogP contribution in [0.3, 0.4) is 0 Å². The Balaban J connectivity index is 0.000000102. The number of benzene rings is 10. The fourth-order valence-electron chi connectivity index (χ4n) is 22.0. The van der Waals surface area contributed by atoms with E-state index in [4.69, 9.17) is 80.5 Å². The van der Waals surface area contributed by atoms with Gasteiger partial charge in [0, 0.05) is 101 Å². The molecule has 0 saturated heterocycles. The van der Waals surface area contributed by atoms with Gasteiger partial charge in [0.15, 0.2) is 92.0 Å². The molecule has 0 aliphatic carbocycles. The summed E-state index contributed by atoms with van der Waals surface area (Å²) in [5.74, 6) is 14.0. The highest BCUT2D eigenvalue weighted by molar-refractivity contribution is 5.63. The van der Waals surface area contributed by atoms with Crippen LogP contribution < -0.4 is 80.5 Å². The van der Waals surface area contributed by atoms with Crippen LogP contribution in [0.2, 0.25) is 0 Å². The predicted octanol–water partition coefficient (Wildman–Crippen LogP) is 17.2. The zero-order valence-electron chi connectivity index (χ0n) is 74.8. The molecule has 0 aromatic heterocycles. The molecule has 13 aliphatic rings. The third kappa shape index (κ3) is 15.6. The third-order valence-electron chi connectivity index (χ3n) is 28.3. The van der Waals surface area contributed by atoms with Gasteiger partial charge in [-0.1, -0.05) is 35.4 Å². The molecule has 0 saturated carbocycles. The molecular weight excluding hydrogens is 1580 g/mol. The van der Waals surface area contributed by atoms with Crippen LogP contribution in [0.5, 0.6) is 97.7 Å². The second kappa shape index (κ2) is 34.9. The van der Waals surface area contributed by atoms with Crippen molar-refractivity contribution in [3.05, 3.63) is 249 Å². The molecule has 0 spiro atoms. The molecule has 10 aromatic rings. The van der Waals surface area contributed by atoms with Gasteiger partial charge in [-0.05, 0) is 300 Å². The molecule has 5 atom stereocenters. The van der Waals surface area contributed by atoms with Crippen LogP contribution in [0.1, 0.15) is 164 Å². The Bertz CT molecular complexity index is 5550. The maximum absolute atomic E-state index is 5.72. The smallest absolute Gasteiger partial charge is 0.231 e. The number of methoxy groups -OCH3 is 11. The Hall–Kier alpha value is -11.4. The second-order valence-electron chi connectivity index (χ2n) is 34.9. The lowest BCUT2D eigenvalue weighted by Gasteiger charge is -2.42. The molecule has 0 bridgehead atoms. The third-order valence-corrected chi connectivity index (χ3v) is 28.3. The summed E-state index contributed by atoms with van der Waals surface area (Å²) in [6.07, 6.45) is 10.3. The molecule has 0 amide bonds. The van der Waals surface area contributed by atoms with Crippen LogP contribution in [-0.4, -0.2) is 156 Å². The minimum atomic E-state index is 0.309. The summed E-state index contributed by atoms with van der Waals surface area (Å²) in [6.45, 7) is 20.0. The van der Waals surface area contributed by atoms with E-state index in [2.05, 4.69) is 167 Å². The van der Waals surface area contributed by atoms with E-state index >= 15 is 0 Å². The molecule has 0 fully saturated rings. The standard InChI is InChI=1S/C21H23NO5.2C21H25NO2.2C20H21NO4/c1-23-19-8-13-6-16-14-9-18-17(26-11-27-18)7-12(14)4-5-22(16)10-15(13)20(24-2)21(19)25-3;2*1-13-7-14(2)18-12-22-6-5-15-10-20(23-3)21(24-4)11-17(15)19(22)9-16(18)8-13;2*1-22-17-7-13-5-16-15-9-20-19(24-11-25-20)6-12(15)3-4-21(16)10-14(13)8-18(17)23-2/h7-9,16H,4-6,10-11H2,1-3H3;2*7-8,10-11,19H,5-6,9,12H2,1-4H3;2*6-9,16H,3-5,10-11H2,1-2H3/t16-;19-;;16-;/m00.0./s1. The first-order valence-electron chi connectivity index (χ1n) is 43.9. The maximum atomic E-state index is 5.72. The summed E-state index contributed by atoms with van der Waals surface area (Å²) in [6, 6.07) is 43.7. The molecule has 23 rings (SSSR count). The number of hydrogen-bond donors (Lipinski definition) is 0. The quantitative estimate of drug-likeness (QED) is 0.119. The SMILES string of the molecule is COc1cc2c(c(OC)c1OC)CN1CCc3cc4c(cc3[C@@H]1C2)OCO4.COc1cc2c(cc1OC)C1Cc3cc(C)cc(C)c3CN1CC2.COc1cc2c(cc1OC)CN1CCc3cc4c(cc3C1C2)OCO4.COc1cc2c(cc1OC)CN1CCc3cc4c(cc3[C@@H]1C2)OCO4.COc1cc2c(cc1OC)[C@@H]1Cc3cc(C)cc(C)c3CN1CC2. The number of aryl methyl sites for hydroxylation is 4. The summed E-state index contributed by atoms with van der Waals surface area (Å²) in [5, 5.41) is 0. The summed E-state index contributed by atoms with van der Waals surface area (Å²) in [5.41, 5.74) is 33.3. The zero-order valence-corrected chi connectivity index (χ0v) is 74.8. The highest BCUT2D eigenvalue weighted by Crippen LogP contribution is 2.54. The summed E-state index contributed by atoms with van der Waals surface area (Å²) >= 11 is 0. The minimum Gasteiger partial charge on any atom is -0.493 e. The number of rotatable bonds is 11. The van der Waals surface area contributed by atoms with E-state index in [1.165, 1.54) is 134 Å². The van der Waals surface area contributed by atoms with Gasteiger partial charge in [0.25, 0.3) is 0 Å². The van der Waals surface area contributed by atoms with Gasteiger partial charge in [-0.25, -0.2) is 0 Å². The van der Waals surface area contributed by atoms with E-state index < -0.39 is 0 Å². The Morgan fingerprint density at radius 1 is 0.224 bits per heavy atom. The van der Waals surface area contributed by atoms with Crippen LogP contribution >= 0.6 is 0 Å². The molecular formula is C103H115N5O17. The van der Waals surface area contributed by atoms with E-state index in [1.54, 1.807) is 78.2 Å². The van der Waals surface area contributed by atoms with Crippen molar-refractivity contribution in [1.29, 1.82) is 0 Å². The number of nitrogens with zero attached hydrogens (tertiary/aromatic N) is 5. The monoisotopic (exact) mass is 1690 g/mol. The van der Waals surface area contributed by atoms with Crippen LogP contribution in [-0.2, 0) is 96.9 Å². The first-order chi connectivity index (χ1) is 61.0. The van der Waals surface area contributed by atoms with Gasteiger partial charge < -0.3 is 80.5 Å². The maximum Gasteiger partial charge on any atom is 0.231 e. The lowest BCUT2D eigenvalue weighted by Crippen LogP contribution is -2.39. The molecule has 654 valence electrons. The molecule has 13 aliphatic heterocycles. The highest BCUT2D eigenvalue weighted by atomic mass is 16.7. The summed E-state index contributed by atoms with van der Waals surface area (Å²) in [7, 11) is 18.6. The molecule has 0 N–H and O–H groups in total. The molecule has 22 nitrogen and oxygen atoms in total. The van der Waals surface area contributed by atoms with Crippen molar-refractivity contribution < 1.29 is 80.5 Å². The fourth-order valence-corrected chi connectivity index (χ4v) is 22.0. The van der Waals surface area contributed by atoms with Gasteiger partial charge in [-0.2, -0.15) is 0 Å². The lowest BCUT2D eigenvalue weighted by molar-refractivity contribution is 0.157. The van der Waals surface area contributed by atoms with Crippen molar-refractivity contribution in [3.8, 4) is 97.7 Å². The number of hydrogen-bond acceptors (Lipinski definition) is 22.